The quantitative estimate of drug-likeness (QED) is 0.914. The van der Waals surface area contributed by atoms with Crippen LogP contribution in [-0.2, 0) is 11.2 Å². The van der Waals surface area contributed by atoms with Gasteiger partial charge in [-0.2, -0.15) is 0 Å². The molecule has 124 valence electrons. The number of hydrogen-bond acceptors (Lipinski definition) is 4. The lowest BCUT2D eigenvalue weighted by Crippen LogP contribution is -2.39. The van der Waals surface area contributed by atoms with E-state index in [0.717, 1.165) is 36.2 Å². The molecule has 1 aromatic carbocycles. The molecule has 0 saturated heterocycles. The van der Waals surface area contributed by atoms with E-state index in [4.69, 9.17) is 0 Å². The van der Waals surface area contributed by atoms with Crippen LogP contribution in [0.3, 0.4) is 0 Å². The largest absolute Gasteiger partial charge is 0.396 e. The number of aromatic nitrogens is 1. The van der Waals surface area contributed by atoms with Gasteiger partial charge in [0.1, 0.15) is 0 Å². The lowest BCUT2D eigenvalue weighted by Gasteiger charge is -2.34. The van der Waals surface area contributed by atoms with Gasteiger partial charge < -0.3 is 10.0 Å². The van der Waals surface area contributed by atoms with Crippen molar-refractivity contribution in [1.29, 1.82) is 0 Å². The van der Waals surface area contributed by atoms with E-state index < -0.39 is 0 Å². The predicted molar refractivity (Wildman–Crippen MR) is 93.5 cm³/mol. The summed E-state index contributed by atoms with van der Waals surface area (Å²) in [6, 6.07) is 8.44. The van der Waals surface area contributed by atoms with E-state index in [9.17, 15) is 9.90 Å². The number of aliphatic hydroxyl groups is 1. The summed E-state index contributed by atoms with van der Waals surface area (Å²) >= 11 is 1.68. The molecule has 0 atom stereocenters. The zero-order chi connectivity index (χ0) is 16.2. The van der Waals surface area contributed by atoms with Crippen molar-refractivity contribution in [3.63, 3.8) is 0 Å². The topological polar surface area (TPSA) is 53.4 Å². The number of rotatable bonds is 5. The van der Waals surface area contributed by atoms with E-state index in [2.05, 4.69) is 11.1 Å². The number of amides is 1. The first-order valence-corrected chi connectivity index (χ1v) is 9.20. The number of aryl methyl sites for hydroxylation is 1. The molecule has 1 fully saturated rings. The maximum atomic E-state index is 12.4. The first-order chi connectivity index (χ1) is 11.2. The van der Waals surface area contributed by atoms with Crippen LogP contribution >= 0.6 is 11.3 Å². The summed E-state index contributed by atoms with van der Waals surface area (Å²) in [5.41, 5.74) is 1.02. The third-order valence-electron chi connectivity index (χ3n) is 4.91. The number of nitrogens with zero attached hydrogens (tertiary/aromatic N) is 2. The Morgan fingerprint density at radius 3 is 2.74 bits per heavy atom. The molecule has 0 radical (unpaired) electrons. The van der Waals surface area contributed by atoms with E-state index in [1.807, 2.05) is 30.1 Å². The molecule has 1 aliphatic carbocycles. The van der Waals surface area contributed by atoms with Crippen LogP contribution in [0.5, 0.6) is 0 Å². The van der Waals surface area contributed by atoms with Crippen LogP contribution in [0.15, 0.2) is 24.3 Å². The molecule has 4 nitrogen and oxygen atoms in total. The second-order valence-electron chi connectivity index (χ2n) is 6.44. The zero-order valence-electron chi connectivity index (χ0n) is 13.6. The van der Waals surface area contributed by atoms with Crippen molar-refractivity contribution in [2.24, 2.45) is 5.92 Å². The van der Waals surface area contributed by atoms with Crippen molar-refractivity contribution in [1.82, 2.24) is 9.88 Å². The summed E-state index contributed by atoms with van der Waals surface area (Å²) in [7, 11) is 1.92. The summed E-state index contributed by atoms with van der Waals surface area (Å²) in [6.45, 7) is 0.280. The molecule has 3 rings (SSSR count). The average molecular weight is 332 g/mol. The van der Waals surface area contributed by atoms with Crippen LogP contribution in [-0.4, -0.2) is 40.6 Å². The van der Waals surface area contributed by atoms with Gasteiger partial charge in [0, 0.05) is 32.5 Å². The van der Waals surface area contributed by atoms with Gasteiger partial charge in [-0.1, -0.05) is 12.1 Å². The van der Waals surface area contributed by atoms with Crippen molar-refractivity contribution in [3.8, 4) is 0 Å². The molecule has 1 N–H and O–H groups in total. The fourth-order valence-electron chi connectivity index (χ4n) is 3.34. The van der Waals surface area contributed by atoms with Gasteiger partial charge in [-0.3, -0.25) is 4.79 Å². The number of para-hydroxylation sites is 1. The first-order valence-electron chi connectivity index (χ1n) is 8.38. The standard InChI is InChI=1S/C18H24N2O2S/c1-20(14-8-6-13(12-21)7-9-14)18(22)11-10-17-19-15-4-2-3-5-16(15)23-17/h2-5,13-14,21H,6-12H2,1H3. The highest BCUT2D eigenvalue weighted by atomic mass is 32.1. The molecular formula is C18H24N2O2S. The number of thiazole rings is 1. The summed E-state index contributed by atoms with van der Waals surface area (Å²) in [4.78, 5) is 19.0. The van der Waals surface area contributed by atoms with Gasteiger partial charge >= 0.3 is 0 Å². The summed E-state index contributed by atoms with van der Waals surface area (Å²) < 4.78 is 1.19. The minimum Gasteiger partial charge on any atom is -0.396 e. The van der Waals surface area contributed by atoms with Crippen LogP contribution in [0.4, 0.5) is 0 Å². The highest BCUT2D eigenvalue weighted by molar-refractivity contribution is 7.18. The molecule has 0 spiro atoms. The molecule has 1 heterocycles. The average Bonchev–Trinajstić information content (AvgIpc) is 3.02. The molecule has 23 heavy (non-hydrogen) atoms. The Balaban J connectivity index is 1.52. The second kappa shape index (κ2) is 7.41. The monoisotopic (exact) mass is 332 g/mol. The Bertz CT molecular complexity index is 629. The Labute approximate surface area is 141 Å². The highest BCUT2D eigenvalue weighted by Crippen LogP contribution is 2.27. The molecule has 0 unspecified atom stereocenters. The highest BCUT2D eigenvalue weighted by Gasteiger charge is 2.26. The fraction of sp³-hybridized carbons (Fsp3) is 0.556. The predicted octanol–water partition coefficient (Wildman–Crippen LogP) is 3.24. The molecule has 2 aromatic rings. The van der Waals surface area contributed by atoms with E-state index in [-0.39, 0.29) is 12.5 Å². The van der Waals surface area contributed by atoms with Crippen LogP contribution in [0, 0.1) is 5.92 Å². The Kier molecular flexibility index (Phi) is 5.28. The van der Waals surface area contributed by atoms with Gasteiger partial charge in [-0.05, 0) is 43.7 Å². The molecular weight excluding hydrogens is 308 g/mol. The third-order valence-corrected chi connectivity index (χ3v) is 6.00. The van der Waals surface area contributed by atoms with E-state index in [0.29, 0.717) is 24.8 Å². The number of hydrogen-bond donors (Lipinski definition) is 1. The summed E-state index contributed by atoms with van der Waals surface area (Å²) in [5.74, 6) is 0.634. The van der Waals surface area contributed by atoms with Crippen LogP contribution in [0.2, 0.25) is 0 Å². The van der Waals surface area contributed by atoms with Crippen LogP contribution in [0.1, 0.15) is 37.1 Å². The van der Waals surface area contributed by atoms with Gasteiger partial charge in [-0.25, -0.2) is 4.98 Å². The number of fused-ring (bicyclic) bond motifs is 1. The van der Waals surface area contributed by atoms with Crippen molar-refractivity contribution >= 4 is 27.5 Å². The van der Waals surface area contributed by atoms with E-state index in [1.165, 1.54) is 4.70 Å². The van der Waals surface area contributed by atoms with E-state index in [1.54, 1.807) is 11.3 Å². The van der Waals surface area contributed by atoms with Crippen molar-refractivity contribution in [2.45, 2.75) is 44.6 Å². The van der Waals surface area contributed by atoms with Gasteiger partial charge in [-0.15, -0.1) is 11.3 Å². The summed E-state index contributed by atoms with van der Waals surface area (Å²) in [5, 5.41) is 10.2. The number of carbonyl (C=O) groups excluding carboxylic acids is 1. The molecule has 1 saturated carbocycles. The zero-order valence-corrected chi connectivity index (χ0v) is 14.4. The molecule has 5 heteroatoms. The number of aliphatic hydroxyl groups excluding tert-OH is 1. The van der Waals surface area contributed by atoms with Gasteiger partial charge in [0.25, 0.3) is 0 Å². The normalized spacial score (nSPS) is 21.5. The SMILES string of the molecule is CN(C(=O)CCc1nc2ccccc2s1)C1CCC(CO)CC1. The minimum absolute atomic E-state index is 0.205. The molecule has 1 aromatic heterocycles. The van der Waals surface area contributed by atoms with Gasteiger partial charge in [0.05, 0.1) is 15.2 Å². The van der Waals surface area contributed by atoms with Crippen LogP contribution < -0.4 is 0 Å². The first kappa shape index (κ1) is 16.4. The van der Waals surface area contributed by atoms with Gasteiger partial charge in [0.2, 0.25) is 5.91 Å². The van der Waals surface area contributed by atoms with Crippen LogP contribution in [0.25, 0.3) is 10.2 Å². The third kappa shape index (κ3) is 3.90. The molecule has 1 amide bonds. The fourth-order valence-corrected chi connectivity index (χ4v) is 4.30. The van der Waals surface area contributed by atoms with Crippen molar-refractivity contribution < 1.29 is 9.90 Å². The number of benzene rings is 1. The maximum Gasteiger partial charge on any atom is 0.222 e. The van der Waals surface area contributed by atoms with Crippen molar-refractivity contribution in [3.05, 3.63) is 29.3 Å². The Morgan fingerprint density at radius 2 is 2.04 bits per heavy atom. The molecule has 0 aliphatic heterocycles. The summed E-state index contributed by atoms with van der Waals surface area (Å²) in [6.07, 6.45) is 5.31. The second-order valence-corrected chi connectivity index (χ2v) is 7.55. The van der Waals surface area contributed by atoms with Gasteiger partial charge in [0.15, 0.2) is 0 Å². The maximum absolute atomic E-state index is 12.4. The molecule has 0 bridgehead atoms. The number of carbonyl (C=O) groups is 1. The van der Waals surface area contributed by atoms with Crippen molar-refractivity contribution in [2.75, 3.05) is 13.7 Å². The Hall–Kier alpha value is -1.46. The lowest BCUT2D eigenvalue weighted by atomic mass is 9.86. The smallest absolute Gasteiger partial charge is 0.222 e. The van der Waals surface area contributed by atoms with E-state index >= 15 is 0 Å². The Morgan fingerprint density at radius 1 is 1.30 bits per heavy atom. The molecule has 1 aliphatic rings. The lowest BCUT2D eigenvalue weighted by molar-refractivity contribution is -0.132. The minimum atomic E-state index is 0.205.